The van der Waals surface area contributed by atoms with Crippen molar-refractivity contribution >= 4 is 17.3 Å². The molecule has 21 heavy (non-hydrogen) atoms. The van der Waals surface area contributed by atoms with Crippen molar-refractivity contribution in [2.75, 3.05) is 17.2 Å². The third kappa shape index (κ3) is 3.62. The summed E-state index contributed by atoms with van der Waals surface area (Å²) in [4.78, 5) is 15.2. The Hall–Kier alpha value is -1.85. The Morgan fingerprint density at radius 3 is 2.71 bits per heavy atom. The van der Waals surface area contributed by atoms with Crippen LogP contribution in [0, 0.1) is 22.0 Å². The third-order valence-corrected chi connectivity index (χ3v) is 4.41. The molecule has 0 amide bonds. The van der Waals surface area contributed by atoms with Gasteiger partial charge in [-0.05, 0) is 37.2 Å². The van der Waals surface area contributed by atoms with Gasteiger partial charge in [-0.3, -0.25) is 10.1 Å². The van der Waals surface area contributed by atoms with Crippen LogP contribution in [0.25, 0.3) is 0 Å². The Kier molecular flexibility index (Phi) is 4.98. The molecule has 1 heterocycles. The molecule has 6 heteroatoms. The molecule has 0 bridgehead atoms. The van der Waals surface area contributed by atoms with Crippen LogP contribution < -0.4 is 10.6 Å². The fourth-order valence-corrected chi connectivity index (χ4v) is 2.80. The third-order valence-electron chi connectivity index (χ3n) is 4.41. The van der Waals surface area contributed by atoms with E-state index in [9.17, 15) is 10.1 Å². The van der Waals surface area contributed by atoms with Crippen LogP contribution in [-0.2, 0) is 0 Å². The average Bonchev–Trinajstić information content (AvgIpc) is 2.77. The van der Waals surface area contributed by atoms with Gasteiger partial charge >= 0.3 is 5.69 Å². The first-order valence-electron chi connectivity index (χ1n) is 7.68. The maximum Gasteiger partial charge on any atom is 0.311 e. The highest BCUT2D eigenvalue weighted by Gasteiger charge is 2.31. The van der Waals surface area contributed by atoms with E-state index < -0.39 is 0 Å². The fraction of sp³-hybridized carbons (Fsp3) is 0.667. The maximum atomic E-state index is 11.2. The van der Waals surface area contributed by atoms with Gasteiger partial charge in [0.1, 0.15) is 5.82 Å². The normalized spacial score (nSPS) is 24.8. The fourth-order valence-electron chi connectivity index (χ4n) is 2.80. The van der Waals surface area contributed by atoms with Crippen molar-refractivity contribution in [3.8, 4) is 0 Å². The molecule has 1 fully saturated rings. The predicted octanol–water partition coefficient (Wildman–Crippen LogP) is 3.66. The first-order valence-corrected chi connectivity index (χ1v) is 7.68. The van der Waals surface area contributed by atoms with Crippen molar-refractivity contribution in [2.24, 2.45) is 11.8 Å². The first-order chi connectivity index (χ1) is 10.0. The van der Waals surface area contributed by atoms with Gasteiger partial charge in [-0.25, -0.2) is 4.98 Å². The SMILES string of the molecule is CCCNc1ccc([N+](=O)[O-])c(NC2CCC(C)C2C)n1. The van der Waals surface area contributed by atoms with Crippen LogP contribution in [0.15, 0.2) is 12.1 Å². The van der Waals surface area contributed by atoms with Crippen molar-refractivity contribution < 1.29 is 4.92 Å². The second-order valence-corrected chi connectivity index (χ2v) is 5.91. The van der Waals surface area contributed by atoms with Gasteiger partial charge in [0, 0.05) is 18.7 Å². The summed E-state index contributed by atoms with van der Waals surface area (Å²) in [5.41, 5.74) is 0.0452. The monoisotopic (exact) mass is 292 g/mol. The largest absolute Gasteiger partial charge is 0.370 e. The standard InChI is InChI=1S/C15H24N4O2/c1-4-9-16-14-8-7-13(19(20)21)15(18-14)17-12-6-5-10(2)11(12)3/h7-8,10-12H,4-6,9H2,1-3H3,(H2,16,17,18). The lowest BCUT2D eigenvalue weighted by Crippen LogP contribution is -2.25. The van der Waals surface area contributed by atoms with Crippen molar-refractivity contribution in [1.82, 2.24) is 4.98 Å². The smallest absolute Gasteiger partial charge is 0.311 e. The van der Waals surface area contributed by atoms with E-state index in [2.05, 4.69) is 36.4 Å². The highest BCUT2D eigenvalue weighted by atomic mass is 16.6. The van der Waals surface area contributed by atoms with Gasteiger partial charge in [0.05, 0.1) is 4.92 Å². The molecular weight excluding hydrogens is 268 g/mol. The minimum Gasteiger partial charge on any atom is -0.370 e. The van der Waals surface area contributed by atoms with E-state index in [1.807, 2.05) is 0 Å². The van der Waals surface area contributed by atoms with Crippen LogP contribution in [0.3, 0.4) is 0 Å². The Labute approximate surface area is 125 Å². The Bertz CT molecular complexity index is 506. The number of aromatic nitrogens is 1. The number of rotatable bonds is 6. The molecule has 0 aliphatic heterocycles. The van der Waals surface area contributed by atoms with Crippen LogP contribution in [0.5, 0.6) is 0 Å². The summed E-state index contributed by atoms with van der Waals surface area (Å²) in [7, 11) is 0. The van der Waals surface area contributed by atoms with Gasteiger partial charge < -0.3 is 10.6 Å². The molecule has 6 nitrogen and oxygen atoms in total. The number of hydrogen-bond donors (Lipinski definition) is 2. The summed E-state index contributed by atoms with van der Waals surface area (Å²) in [5.74, 6) is 2.21. The average molecular weight is 292 g/mol. The zero-order valence-corrected chi connectivity index (χ0v) is 12.9. The quantitative estimate of drug-likeness (QED) is 0.618. The molecule has 3 unspecified atom stereocenters. The molecule has 2 N–H and O–H groups in total. The number of nitrogens with zero attached hydrogens (tertiary/aromatic N) is 2. The van der Waals surface area contributed by atoms with Gasteiger partial charge in [-0.1, -0.05) is 20.8 Å². The highest BCUT2D eigenvalue weighted by molar-refractivity contribution is 5.60. The second-order valence-electron chi connectivity index (χ2n) is 5.91. The molecule has 0 radical (unpaired) electrons. The van der Waals surface area contributed by atoms with Crippen LogP contribution in [0.4, 0.5) is 17.3 Å². The van der Waals surface area contributed by atoms with Crippen LogP contribution in [-0.4, -0.2) is 22.5 Å². The van der Waals surface area contributed by atoms with Crippen molar-refractivity contribution in [1.29, 1.82) is 0 Å². The van der Waals surface area contributed by atoms with Crippen molar-refractivity contribution in [2.45, 2.75) is 46.1 Å². The van der Waals surface area contributed by atoms with Crippen molar-refractivity contribution in [3.05, 3.63) is 22.2 Å². The zero-order chi connectivity index (χ0) is 15.4. The van der Waals surface area contributed by atoms with Crippen LogP contribution in [0.2, 0.25) is 0 Å². The molecule has 2 rings (SSSR count). The van der Waals surface area contributed by atoms with Gasteiger partial charge in [0.25, 0.3) is 0 Å². The molecule has 3 atom stereocenters. The molecule has 0 spiro atoms. The van der Waals surface area contributed by atoms with E-state index >= 15 is 0 Å². The summed E-state index contributed by atoms with van der Waals surface area (Å²) in [6.07, 6.45) is 3.17. The Balaban J connectivity index is 2.20. The van der Waals surface area contributed by atoms with Crippen LogP contribution >= 0.6 is 0 Å². The van der Waals surface area contributed by atoms with Gasteiger partial charge in [0.2, 0.25) is 5.82 Å². The molecular formula is C15H24N4O2. The molecule has 1 aromatic heterocycles. The summed E-state index contributed by atoms with van der Waals surface area (Å²) < 4.78 is 0. The number of pyridine rings is 1. The van der Waals surface area contributed by atoms with E-state index in [0.29, 0.717) is 23.5 Å². The Morgan fingerprint density at radius 1 is 1.38 bits per heavy atom. The zero-order valence-electron chi connectivity index (χ0n) is 12.9. The van der Waals surface area contributed by atoms with E-state index in [1.54, 1.807) is 6.07 Å². The molecule has 1 aromatic rings. The predicted molar refractivity (Wildman–Crippen MR) is 84.6 cm³/mol. The number of hydrogen-bond acceptors (Lipinski definition) is 5. The minimum absolute atomic E-state index is 0.0452. The van der Waals surface area contributed by atoms with Gasteiger partial charge in [-0.15, -0.1) is 0 Å². The second kappa shape index (κ2) is 6.74. The Morgan fingerprint density at radius 2 is 2.14 bits per heavy atom. The number of anilines is 2. The lowest BCUT2D eigenvalue weighted by Gasteiger charge is -2.20. The summed E-state index contributed by atoms with van der Waals surface area (Å²) in [5, 5.41) is 17.6. The van der Waals surface area contributed by atoms with Gasteiger partial charge in [-0.2, -0.15) is 0 Å². The summed E-state index contributed by atoms with van der Waals surface area (Å²) in [6, 6.07) is 3.45. The van der Waals surface area contributed by atoms with E-state index in [4.69, 9.17) is 0 Å². The van der Waals surface area contributed by atoms with Gasteiger partial charge in [0.15, 0.2) is 0 Å². The summed E-state index contributed by atoms with van der Waals surface area (Å²) >= 11 is 0. The summed E-state index contributed by atoms with van der Waals surface area (Å²) in [6.45, 7) is 7.30. The molecule has 1 saturated carbocycles. The lowest BCUT2D eigenvalue weighted by molar-refractivity contribution is -0.384. The number of nitrogens with one attached hydrogen (secondary N) is 2. The molecule has 0 aromatic carbocycles. The molecule has 0 saturated heterocycles. The van der Waals surface area contributed by atoms with E-state index in [-0.39, 0.29) is 16.7 Å². The van der Waals surface area contributed by atoms with E-state index in [1.165, 1.54) is 6.07 Å². The number of nitro groups is 1. The van der Waals surface area contributed by atoms with E-state index in [0.717, 1.165) is 25.8 Å². The highest BCUT2D eigenvalue weighted by Crippen LogP contribution is 2.35. The minimum atomic E-state index is -0.373. The maximum absolute atomic E-state index is 11.2. The lowest BCUT2D eigenvalue weighted by atomic mass is 9.98. The van der Waals surface area contributed by atoms with Crippen molar-refractivity contribution in [3.63, 3.8) is 0 Å². The molecule has 1 aliphatic carbocycles. The molecule has 1 aliphatic rings. The first kappa shape index (κ1) is 15.5. The topological polar surface area (TPSA) is 80.1 Å². The van der Waals surface area contributed by atoms with Crippen LogP contribution in [0.1, 0.15) is 40.0 Å². The molecule has 116 valence electrons.